The van der Waals surface area contributed by atoms with Crippen molar-refractivity contribution in [2.24, 2.45) is 0 Å². The second-order valence-corrected chi connectivity index (χ2v) is 7.21. The van der Waals surface area contributed by atoms with E-state index in [9.17, 15) is 9.59 Å². The summed E-state index contributed by atoms with van der Waals surface area (Å²) in [6.45, 7) is 0. The third kappa shape index (κ3) is 4.19. The summed E-state index contributed by atoms with van der Waals surface area (Å²) in [5.41, 5.74) is 1.90. The molecule has 5 nitrogen and oxygen atoms in total. The molecule has 0 saturated carbocycles. The van der Waals surface area contributed by atoms with E-state index in [0.717, 1.165) is 10.1 Å². The van der Waals surface area contributed by atoms with Crippen molar-refractivity contribution in [3.63, 3.8) is 0 Å². The Morgan fingerprint density at radius 2 is 1.29 bits per heavy atom. The van der Waals surface area contributed by atoms with Gasteiger partial charge in [-0.3, -0.25) is 4.79 Å². The molecule has 0 saturated heterocycles. The molecule has 4 aromatic rings. The summed E-state index contributed by atoms with van der Waals surface area (Å²) in [6.07, 6.45) is 0. The van der Waals surface area contributed by atoms with Gasteiger partial charge >= 0.3 is 6.03 Å². The Labute approximate surface area is 166 Å². The van der Waals surface area contributed by atoms with Gasteiger partial charge < -0.3 is 16.0 Å². The Balaban J connectivity index is 1.43. The van der Waals surface area contributed by atoms with Gasteiger partial charge in [0.2, 0.25) is 0 Å². The minimum absolute atomic E-state index is 0.174. The monoisotopic (exact) mass is 387 g/mol. The van der Waals surface area contributed by atoms with Crippen LogP contribution in [0.3, 0.4) is 0 Å². The highest BCUT2D eigenvalue weighted by molar-refractivity contribution is 7.20. The lowest BCUT2D eigenvalue weighted by Crippen LogP contribution is -2.19. The van der Waals surface area contributed by atoms with Gasteiger partial charge in [-0.1, -0.05) is 42.5 Å². The predicted molar refractivity (Wildman–Crippen MR) is 115 cm³/mol. The van der Waals surface area contributed by atoms with E-state index in [1.165, 1.54) is 11.3 Å². The lowest BCUT2D eigenvalue weighted by atomic mass is 10.2. The molecular weight excluding hydrogens is 370 g/mol. The summed E-state index contributed by atoms with van der Waals surface area (Å²) >= 11 is 1.45. The highest BCUT2D eigenvalue weighted by Gasteiger charge is 2.11. The van der Waals surface area contributed by atoms with Crippen LogP contribution in [0.4, 0.5) is 21.9 Å². The third-order valence-corrected chi connectivity index (χ3v) is 5.17. The van der Waals surface area contributed by atoms with Crippen molar-refractivity contribution >= 4 is 50.4 Å². The molecule has 28 heavy (non-hydrogen) atoms. The van der Waals surface area contributed by atoms with Crippen molar-refractivity contribution in [1.82, 2.24) is 0 Å². The van der Waals surface area contributed by atoms with Crippen LogP contribution in [0.2, 0.25) is 0 Å². The van der Waals surface area contributed by atoms with E-state index in [2.05, 4.69) is 16.0 Å². The van der Waals surface area contributed by atoms with Crippen molar-refractivity contribution in [3.8, 4) is 0 Å². The van der Waals surface area contributed by atoms with E-state index >= 15 is 0 Å². The standard InChI is InChI=1S/C22H17N3O2S/c26-21(20-13-15-7-4-5-12-19(15)28-20)23-17-10-6-11-18(14-17)25-22(27)24-16-8-2-1-3-9-16/h1-14H,(H,23,26)(H2,24,25,27). The largest absolute Gasteiger partial charge is 0.323 e. The number of rotatable bonds is 4. The molecule has 6 heteroatoms. The van der Waals surface area contributed by atoms with E-state index in [0.29, 0.717) is 21.9 Å². The number of para-hydroxylation sites is 1. The molecule has 1 heterocycles. The third-order valence-electron chi connectivity index (χ3n) is 4.06. The Kier molecular flexibility index (Phi) is 5.03. The molecule has 3 amide bonds. The highest BCUT2D eigenvalue weighted by Crippen LogP contribution is 2.26. The Morgan fingerprint density at radius 1 is 0.643 bits per heavy atom. The van der Waals surface area contributed by atoms with Gasteiger partial charge in [-0.15, -0.1) is 11.3 Å². The molecular formula is C22H17N3O2S. The molecule has 0 fully saturated rings. The predicted octanol–water partition coefficient (Wildman–Crippen LogP) is 5.80. The second kappa shape index (κ2) is 7.94. The topological polar surface area (TPSA) is 70.2 Å². The Morgan fingerprint density at radius 3 is 2.07 bits per heavy atom. The van der Waals surface area contributed by atoms with Crippen molar-refractivity contribution in [3.05, 3.63) is 89.8 Å². The first-order valence-electron chi connectivity index (χ1n) is 8.70. The normalized spacial score (nSPS) is 10.4. The number of carbonyl (C=O) groups excluding carboxylic acids is 2. The first kappa shape index (κ1) is 17.8. The molecule has 0 aliphatic heterocycles. The molecule has 4 rings (SSSR count). The fourth-order valence-corrected chi connectivity index (χ4v) is 3.73. The van der Waals surface area contributed by atoms with Crippen LogP contribution in [0.1, 0.15) is 9.67 Å². The van der Waals surface area contributed by atoms with Crippen LogP contribution in [-0.4, -0.2) is 11.9 Å². The van der Waals surface area contributed by atoms with Crippen molar-refractivity contribution in [1.29, 1.82) is 0 Å². The van der Waals surface area contributed by atoms with Gasteiger partial charge in [-0.05, 0) is 47.9 Å². The Bertz CT molecular complexity index is 1110. The average molecular weight is 387 g/mol. The van der Waals surface area contributed by atoms with Gasteiger partial charge in [-0.2, -0.15) is 0 Å². The summed E-state index contributed by atoms with van der Waals surface area (Å²) in [5, 5.41) is 9.45. The number of hydrogen-bond donors (Lipinski definition) is 3. The zero-order valence-corrected chi connectivity index (χ0v) is 15.6. The molecule has 0 bridgehead atoms. The zero-order valence-electron chi connectivity index (χ0n) is 14.8. The second-order valence-electron chi connectivity index (χ2n) is 6.13. The van der Waals surface area contributed by atoms with Gasteiger partial charge in [0.1, 0.15) is 0 Å². The number of anilines is 3. The van der Waals surface area contributed by atoms with Crippen LogP contribution in [0.5, 0.6) is 0 Å². The van der Waals surface area contributed by atoms with E-state index in [1.54, 1.807) is 36.4 Å². The van der Waals surface area contributed by atoms with E-state index < -0.39 is 0 Å². The number of thiophene rings is 1. The van der Waals surface area contributed by atoms with Gasteiger partial charge in [0.15, 0.2) is 0 Å². The van der Waals surface area contributed by atoms with Gasteiger partial charge in [0.05, 0.1) is 4.88 Å². The van der Waals surface area contributed by atoms with E-state index in [-0.39, 0.29) is 11.9 Å². The molecule has 3 N–H and O–H groups in total. The summed E-state index contributed by atoms with van der Waals surface area (Å²) in [5.74, 6) is -0.174. The summed E-state index contributed by atoms with van der Waals surface area (Å²) in [6, 6.07) is 25.6. The first-order chi connectivity index (χ1) is 13.7. The SMILES string of the molecule is O=C(Nc1ccccc1)Nc1cccc(NC(=O)c2cc3ccccc3s2)c1. The number of carbonyl (C=O) groups is 2. The minimum atomic E-state index is -0.348. The first-order valence-corrected chi connectivity index (χ1v) is 9.52. The van der Waals surface area contributed by atoms with Crippen LogP contribution >= 0.6 is 11.3 Å². The fourth-order valence-electron chi connectivity index (χ4n) is 2.78. The van der Waals surface area contributed by atoms with Gasteiger partial charge in [-0.25, -0.2) is 4.79 Å². The Hall–Kier alpha value is -3.64. The smallest absolute Gasteiger partial charge is 0.321 e. The van der Waals surface area contributed by atoms with Crippen LogP contribution < -0.4 is 16.0 Å². The number of nitrogens with one attached hydrogen (secondary N) is 3. The lowest BCUT2D eigenvalue weighted by Gasteiger charge is -2.09. The maximum atomic E-state index is 12.6. The molecule has 0 aliphatic rings. The quantitative estimate of drug-likeness (QED) is 0.414. The highest BCUT2D eigenvalue weighted by atomic mass is 32.1. The molecule has 0 radical (unpaired) electrons. The molecule has 0 aliphatic carbocycles. The maximum Gasteiger partial charge on any atom is 0.323 e. The number of fused-ring (bicyclic) bond motifs is 1. The average Bonchev–Trinajstić information content (AvgIpc) is 3.13. The molecule has 1 aromatic heterocycles. The van der Waals surface area contributed by atoms with Crippen molar-refractivity contribution < 1.29 is 9.59 Å². The summed E-state index contributed by atoms with van der Waals surface area (Å²) in [7, 11) is 0. The molecule has 138 valence electrons. The van der Waals surface area contributed by atoms with Crippen molar-refractivity contribution in [2.75, 3.05) is 16.0 Å². The number of hydrogen-bond acceptors (Lipinski definition) is 3. The van der Waals surface area contributed by atoms with Crippen LogP contribution in [0.15, 0.2) is 84.9 Å². The number of benzene rings is 3. The van der Waals surface area contributed by atoms with E-state index in [4.69, 9.17) is 0 Å². The van der Waals surface area contributed by atoms with Crippen molar-refractivity contribution in [2.45, 2.75) is 0 Å². The zero-order chi connectivity index (χ0) is 19.3. The number of urea groups is 1. The minimum Gasteiger partial charge on any atom is -0.321 e. The summed E-state index contributed by atoms with van der Waals surface area (Å²) in [4.78, 5) is 25.3. The maximum absolute atomic E-state index is 12.6. The van der Waals surface area contributed by atoms with Gasteiger partial charge in [0.25, 0.3) is 5.91 Å². The molecule has 3 aromatic carbocycles. The lowest BCUT2D eigenvalue weighted by molar-refractivity contribution is 0.103. The van der Waals surface area contributed by atoms with Crippen LogP contribution in [0.25, 0.3) is 10.1 Å². The molecule has 0 unspecified atom stereocenters. The van der Waals surface area contributed by atoms with Crippen LogP contribution in [0, 0.1) is 0 Å². The fraction of sp³-hybridized carbons (Fsp3) is 0. The molecule has 0 spiro atoms. The molecule has 0 atom stereocenters. The van der Waals surface area contributed by atoms with Gasteiger partial charge in [0, 0.05) is 21.8 Å². The number of amides is 3. The summed E-state index contributed by atoms with van der Waals surface area (Å²) < 4.78 is 1.07. The van der Waals surface area contributed by atoms with Crippen LogP contribution in [-0.2, 0) is 0 Å². The van der Waals surface area contributed by atoms with E-state index in [1.807, 2.05) is 48.5 Å².